The number of nitro groups is 1. The molecule has 1 N–H and O–H groups in total. The monoisotopic (exact) mass is 1090 g/mol. The van der Waals surface area contributed by atoms with Gasteiger partial charge >= 0.3 is 12.1 Å². The first kappa shape index (κ1) is 59.8. The number of rotatable bonds is 26. The fourth-order valence-electron chi connectivity index (χ4n) is 8.82. The molecule has 1 amide bonds. The van der Waals surface area contributed by atoms with Crippen molar-refractivity contribution in [2.24, 2.45) is 5.11 Å². The highest BCUT2D eigenvalue weighted by Crippen LogP contribution is 2.35. The molecule has 0 unspecified atom stereocenters. The number of azide groups is 1. The summed E-state index contributed by atoms with van der Waals surface area (Å²) in [6.07, 6.45) is -10.8. The molecular formula is C59H71N5O15. The maximum absolute atomic E-state index is 13.7. The number of nitrogens with one attached hydrogen (secondary N) is 1. The van der Waals surface area contributed by atoms with Crippen molar-refractivity contribution >= 4 is 12.1 Å². The van der Waals surface area contributed by atoms with Gasteiger partial charge < -0.3 is 57.4 Å². The zero-order valence-electron chi connectivity index (χ0n) is 45.4. The Bertz CT molecular complexity index is 2680. The van der Waals surface area contributed by atoms with Gasteiger partial charge in [-0.05, 0) is 74.9 Å². The van der Waals surface area contributed by atoms with Gasteiger partial charge in [-0.15, -0.1) is 0 Å². The minimum Gasteiger partial charge on any atom is -0.458 e. The number of ether oxygens (including phenoxy) is 11. The van der Waals surface area contributed by atoms with Crippen LogP contribution in [0.1, 0.15) is 69.4 Å². The molecule has 0 saturated carbocycles. The highest BCUT2D eigenvalue weighted by molar-refractivity contribution is 5.81. The average molecular weight is 1090 g/mol. The number of esters is 1. The topological polar surface area (TPSA) is 240 Å². The van der Waals surface area contributed by atoms with Crippen LogP contribution in [-0.2, 0) is 89.9 Å². The van der Waals surface area contributed by atoms with Gasteiger partial charge in [0, 0.05) is 9.84 Å². The zero-order chi connectivity index (χ0) is 56.2. The zero-order valence-corrected chi connectivity index (χ0v) is 45.4. The maximum Gasteiger partial charge on any atom is 0.408 e. The SMILES string of the molecule is CC(C)(C)OC(=O)N[C@@H](CO[C@H]1O[C@H](CO[C@@H]2O[C@H](COCc3ccccc3)[C@@H](OCc3ccccc3)[C@H](OCc3ccccc3)[C@H]2N=[N+]=[N-])[C@H](OCc2ccccc2)[C@H](OCc2ccccc2)[C@H]1[N+](=O)[O-])C(=O)OC(C)(C)C. The molecule has 2 aliphatic heterocycles. The third kappa shape index (κ3) is 18.9. The van der Waals surface area contributed by atoms with Crippen LogP contribution in [0.15, 0.2) is 157 Å². The Morgan fingerprint density at radius 2 is 0.975 bits per heavy atom. The second-order valence-electron chi connectivity index (χ2n) is 21.0. The van der Waals surface area contributed by atoms with Crippen LogP contribution in [0.5, 0.6) is 0 Å². The molecule has 5 aromatic carbocycles. The number of carbonyl (C=O) groups excluding carboxylic acids is 2. The van der Waals surface area contributed by atoms with E-state index in [4.69, 9.17) is 52.1 Å². The number of alkyl carbamates (subject to hydrolysis) is 1. The average Bonchev–Trinajstić information content (AvgIpc) is 3.58. The molecule has 2 heterocycles. The lowest BCUT2D eigenvalue weighted by atomic mass is 9.95. The van der Waals surface area contributed by atoms with Gasteiger partial charge in [-0.1, -0.05) is 157 Å². The quantitative estimate of drug-likeness (QED) is 0.0135. The van der Waals surface area contributed by atoms with Crippen molar-refractivity contribution in [3.63, 3.8) is 0 Å². The van der Waals surface area contributed by atoms with Gasteiger partial charge in [0.05, 0.1) is 52.9 Å². The summed E-state index contributed by atoms with van der Waals surface area (Å²) >= 11 is 0. The van der Waals surface area contributed by atoms with Gasteiger partial charge in [-0.25, -0.2) is 9.59 Å². The lowest BCUT2D eigenvalue weighted by Crippen LogP contribution is -2.65. The van der Waals surface area contributed by atoms with Crippen molar-refractivity contribution in [3.05, 3.63) is 200 Å². The van der Waals surface area contributed by atoms with E-state index in [1.54, 1.807) is 41.5 Å². The summed E-state index contributed by atoms with van der Waals surface area (Å²) in [5, 5.41) is 20.2. The summed E-state index contributed by atoms with van der Waals surface area (Å²) < 4.78 is 70.3. The van der Waals surface area contributed by atoms with E-state index in [0.29, 0.717) is 5.56 Å². The van der Waals surface area contributed by atoms with Crippen molar-refractivity contribution in [3.8, 4) is 0 Å². The minimum absolute atomic E-state index is 0.0168. The summed E-state index contributed by atoms with van der Waals surface area (Å²) in [6, 6.07) is 42.4. The van der Waals surface area contributed by atoms with E-state index >= 15 is 0 Å². The predicted octanol–water partition coefficient (Wildman–Crippen LogP) is 9.59. The number of carbonyl (C=O) groups is 2. The van der Waals surface area contributed by atoms with E-state index in [1.165, 1.54) is 0 Å². The van der Waals surface area contributed by atoms with E-state index < -0.39 is 109 Å². The molecule has 5 aromatic rings. The summed E-state index contributed by atoms with van der Waals surface area (Å²) in [4.78, 5) is 43.1. The number of benzene rings is 5. The summed E-state index contributed by atoms with van der Waals surface area (Å²) in [5.41, 5.74) is 12.4. The Kier molecular flexibility index (Phi) is 22.3. The second kappa shape index (κ2) is 29.4. The van der Waals surface area contributed by atoms with Crippen molar-refractivity contribution < 1.29 is 66.6 Å². The first-order valence-electron chi connectivity index (χ1n) is 26.2. The molecule has 422 valence electrons. The molecule has 11 atom stereocenters. The Hall–Kier alpha value is -6.81. The molecule has 79 heavy (non-hydrogen) atoms. The first-order chi connectivity index (χ1) is 38.0. The van der Waals surface area contributed by atoms with Crippen LogP contribution in [0, 0.1) is 10.1 Å². The van der Waals surface area contributed by atoms with Crippen LogP contribution in [0.4, 0.5) is 4.79 Å². The minimum atomic E-state index is -1.80. The molecule has 0 bridgehead atoms. The Morgan fingerprint density at radius 3 is 1.42 bits per heavy atom. The van der Waals surface area contributed by atoms with Crippen molar-refractivity contribution in [2.45, 2.75) is 153 Å². The van der Waals surface area contributed by atoms with E-state index in [0.717, 1.165) is 22.3 Å². The predicted molar refractivity (Wildman–Crippen MR) is 288 cm³/mol. The molecule has 20 heteroatoms. The summed E-state index contributed by atoms with van der Waals surface area (Å²) in [5.74, 6) is -0.899. The largest absolute Gasteiger partial charge is 0.458 e. The highest BCUT2D eigenvalue weighted by Gasteiger charge is 2.56. The standard InChI is InChI=1S/C59H71N5O15/c1-58(2,3)78-54(65)45(61-57(66)79-59(4,5)6)37-74-56-49(64(67)68)53(73-36-44-30-20-11-21-31-44)51(71-34-42-26-16-9-17-27-42)47(77-56)39-75-55-48(62-63-60)52(72-35-43-28-18-10-19-29-43)50(70-33-41-24-14-8-15-25-41)46(76-55)38-69-32-40-22-12-7-13-23-40/h7-31,45-53,55-56H,32-39H2,1-6H3,(H,61,66)/t45-,46+,47+,48+,49+,50+,51-,52+,53+,55+,56-/m0/s1. The van der Waals surface area contributed by atoms with E-state index in [9.17, 15) is 25.2 Å². The molecule has 2 aliphatic rings. The van der Waals surface area contributed by atoms with Gasteiger partial charge in [0.25, 0.3) is 6.04 Å². The van der Waals surface area contributed by atoms with Crippen molar-refractivity contribution in [1.29, 1.82) is 0 Å². The van der Waals surface area contributed by atoms with Crippen LogP contribution in [0.3, 0.4) is 0 Å². The molecular weight excluding hydrogens is 1020 g/mol. The lowest BCUT2D eigenvalue weighted by molar-refractivity contribution is -0.577. The van der Waals surface area contributed by atoms with Crippen molar-refractivity contribution in [1.82, 2.24) is 5.32 Å². The van der Waals surface area contributed by atoms with Gasteiger partial charge in [0.15, 0.2) is 18.4 Å². The Balaban J connectivity index is 1.25. The Morgan fingerprint density at radius 1 is 0.570 bits per heavy atom. The third-order valence-corrected chi connectivity index (χ3v) is 12.4. The number of amides is 1. The normalized spacial score (nSPS) is 23.6. The summed E-state index contributed by atoms with van der Waals surface area (Å²) in [6.45, 7) is 9.13. The first-order valence-corrected chi connectivity index (χ1v) is 26.2. The van der Waals surface area contributed by atoms with Gasteiger partial charge in [-0.3, -0.25) is 10.1 Å². The van der Waals surface area contributed by atoms with Gasteiger partial charge in [0.2, 0.25) is 6.29 Å². The summed E-state index contributed by atoms with van der Waals surface area (Å²) in [7, 11) is 0. The smallest absolute Gasteiger partial charge is 0.408 e. The van der Waals surface area contributed by atoms with Crippen molar-refractivity contribution in [2.75, 3.05) is 19.8 Å². The molecule has 0 aliphatic carbocycles. The van der Waals surface area contributed by atoms with Crippen LogP contribution >= 0.6 is 0 Å². The van der Waals surface area contributed by atoms with E-state index in [2.05, 4.69) is 15.3 Å². The second-order valence-corrected chi connectivity index (χ2v) is 21.0. The lowest BCUT2D eigenvalue weighted by Gasteiger charge is -2.46. The van der Waals surface area contributed by atoms with Crippen LogP contribution < -0.4 is 5.32 Å². The molecule has 2 saturated heterocycles. The van der Waals surface area contributed by atoms with Gasteiger partial charge in [0.1, 0.15) is 47.8 Å². The van der Waals surface area contributed by atoms with Crippen LogP contribution in [-0.4, -0.2) is 115 Å². The highest BCUT2D eigenvalue weighted by atomic mass is 16.7. The maximum atomic E-state index is 13.7. The van der Waals surface area contributed by atoms with Gasteiger partial charge in [-0.2, -0.15) is 0 Å². The number of hydrogen-bond acceptors (Lipinski definition) is 16. The fraction of sp³-hybridized carbons (Fsp3) is 0.458. The number of nitrogens with zero attached hydrogens (tertiary/aromatic N) is 4. The van der Waals surface area contributed by atoms with E-state index in [1.807, 2.05) is 152 Å². The molecule has 0 radical (unpaired) electrons. The fourth-order valence-corrected chi connectivity index (χ4v) is 8.82. The molecule has 0 spiro atoms. The Labute approximate surface area is 460 Å². The number of hydrogen-bond donors (Lipinski definition) is 1. The molecule has 0 aromatic heterocycles. The molecule has 2 fully saturated rings. The molecule has 20 nitrogen and oxygen atoms in total. The third-order valence-electron chi connectivity index (χ3n) is 12.4. The molecule has 7 rings (SSSR count). The van der Waals surface area contributed by atoms with Crippen LogP contribution in [0.25, 0.3) is 10.4 Å². The van der Waals surface area contributed by atoms with E-state index in [-0.39, 0.29) is 39.6 Å². The van der Waals surface area contributed by atoms with Crippen LogP contribution in [0.2, 0.25) is 0 Å².